The first kappa shape index (κ1) is 12.4. The number of carbonyl (C=O) groups is 1. The summed E-state index contributed by atoms with van der Waals surface area (Å²) in [7, 11) is 0. The second kappa shape index (κ2) is 4.82. The number of fused-ring (bicyclic) bond motifs is 2. The van der Waals surface area contributed by atoms with Crippen LogP contribution in [0, 0.1) is 17.8 Å². The number of aliphatic hydroxyl groups is 1. The Balaban J connectivity index is 1.67. The van der Waals surface area contributed by atoms with Crippen molar-refractivity contribution in [3.63, 3.8) is 0 Å². The Bertz CT molecular complexity index is 333. The largest absolute Gasteiger partial charge is 0.394 e. The number of hydrogen-bond donors (Lipinski definition) is 1. The van der Waals surface area contributed by atoms with Gasteiger partial charge in [-0.3, -0.25) is 4.79 Å². The third kappa shape index (κ3) is 2.05. The van der Waals surface area contributed by atoms with Gasteiger partial charge in [0.2, 0.25) is 5.91 Å². The van der Waals surface area contributed by atoms with E-state index in [0.29, 0.717) is 25.0 Å². The Morgan fingerprint density at radius 3 is 2.83 bits per heavy atom. The lowest BCUT2D eigenvalue weighted by Gasteiger charge is -2.40. The number of aliphatic hydroxyl groups excluding tert-OH is 1. The molecule has 1 aliphatic heterocycles. The van der Waals surface area contributed by atoms with Crippen LogP contribution in [0.2, 0.25) is 0 Å². The maximum atomic E-state index is 12.7. The van der Waals surface area contributed by atoms with Crippen molar-refractivity contribution in [3.8, 4) is 0 Å². The Labute approximate surface area is 108 Å². The average molecular weight is 253 g/mol. The molecule has 0 aromatic heterocycles. The van der Waals surface area contributed by atoms with Crippen LogP contribution in [0.1, 0.15) is 32.6 Å². The lowest BCUT2D eigenvalue weighted by molar-refractivity contribution is -0.152. The summed E-state index contributed by atoms with van der Waals surface area (Å²) in [5.74, 6) is 2.00. The minimum Gasteiger partial charge on any atom is -0.394 e. The van der Waals surface area contributed by atoms with Crippen LogP contribution < -0.4 is 0 Å². The number of amides is 1. The molecule has 0 aromatic rings. The molecule has 0 radical (unpaired) electrons. The normalized spacial score (nSPS) is 43.4. The zero-order valence-electron chi connectivity index (χ0n) is 11.0. The molecule has 3 fully saturated rings. The van der Waals surface area contributed by atoms with Crippen molar-refractivity contribution in [1.29, 1.82) is 0 Å². The Kier molecular flexibility index (Phi) is 3.32. The summed E-state index contributed by atoms with van der Waals surface area (Å²) in [6, 6.07) is 0.152. The van der Waals surface area contributed by atoms with Gasteiger partial charge in [0.25, 0.3) is 0 Å². The predicted molar refractivity (Wildman–Crippen MR) is 66.9 cm³/mol. The van der Waals surface area contributed by atoms with Gasteiger partial charge in [-0.2, -0.15) is 0 Å². The fourth-order valence-electron chi connectivity index (χ4n) is 4.00. The van der Waals surface area contributed by atoms with Crippen LogP contribution in [-0.2, 0) is 9.53 Å². The van der Waals surface area contributed by atoms with E-state index in [1.807, 2.05) is 11.8 Å². The lowest BCUT2D eigenvalue weighted by atomic mass is 9.87. The van der Waals surface area contributed by atoms with Crippen LogP contribution in [0.25, 0.3) is 0 Å². The van der Waals surface area contributed by atoms with Crippen LogP contribution in [0.4, 0.5) is 0 Å². The van der Waals surface area contributed by atoms with E-state index in [9.17, 15) is 9.90 Å². The zero-order chi connectivity index (χ0) is 12.7. The van der Waals surface area contributed by atoms with Crippen molar-refractivity contribution in [1.82, 2.24) is 4.90 Å². The fraction of sp³-hybridized carbons (Fsp3) is 0.929. The standard InChI is InChI=1S/C14H23NO3/c1-9-8-18-12(7-16)6-15(9)14(17)13-5-10-2-3-11(13)4-10/h9-13,16H,2-8H2,1H3. The first-order valence-electron chi connectivity index (χ1n) is 7.22. The maximum absolute atomic E-state index is 12.7. The minimum atomic E-state index is -0.191. The molecule has 102 valence electrons. The van der Waals surface area contributed by atoms with E-state index >= 15 is 0 Å². The highest BCUT2D eigenvalue weighted by Gasteiger charge is 2.45. The Morgan fingerprint density at radius 1 is 1.39 bits per heavy atom. The Morgan fingerprint density at radius 2 is 2.22 bits per heavy atom. The molecule has 4 nitrogen and oxygen atoms in total. The molecule has 18 heavy (non-hydrogen) atoms. The molecule has 1 heterocycles. The monoisotopic (exact) mass is 253 g/mol. The van der Waals surface area contributed by atoms with Crippen molar-refractivity contribution in [2.45, 2.75) is 44.8 Å². The van der Waals surface area contributed by atoms with Gasteiger partial charge in [-0.05, 0) is 38.0 Å². The zero-order valence-corrected chi connectivity index (χ0v) is 11.0. The number of rotatable bonds is 2. The molecule has 0 spiro atoms. The first-order chi connectivity index (χ1) is 8.69. The van der Waals surface area contributed by atoms with Gasteiger partial charge in [-0.25, -0.2) is 0 Å². The van der Waals surface area contributed by atoms with Gasteiger partial charge < -0.3 is 14.7 Å². The maximum Gasteiger partial charge on any atom is 0.226 e. The van der Waals surface area contributed by atoms with Crippen molar-refractivity contribution >= 4 is 5.91 Å². The fourth-order valence-corrected chi connectivity index (χ4v) is 4.00. The van der Waals surface area contributed by atoms with Crippen molar-refractivity contribution in [3.05, 3.63) is 0 Å². The average Bonchev–Trinajstić information content (AvgIpc) is 3.01. The van der Waals surface area contributed by atoms with Gasteiger partial charge in [-0.15, -0.1) is 0 Å². The summed E-state index contributed by atoms with van der Waals surface area (Å²) in [4.78, 5) is 14.6. The molecule has 2 aliphatic carbocycles. The van der Waals surface area contributed by atoms with Gasteiger partial charge in [0.1, 0.15) is 0 Å². The minimum absolute atomic E-state index is 0.00716. The molecule has 1 saturated heterocycles. The topological polar surface area (TPSA) is 49.8 Å². The highest BCUT2D eigenvalue weighted by molar-refractivity contribution is 5.80. The van der Waals surface area contributed by atoms with Gasteiger partial charge >= 0.3 is 0 Å². The van der Waals surface area contributed by atoms with E-state index in [2.05, 4.69) is 0 Å². The van der Waals surface area contributed by atoms with Crippen LogP contribution >= 0.6 is 0 Å². The summed E-state index contributed by atoms with van der Waals surface area (Å²) >= 11 is 0. The molecule has 2 bridgehead atoms. The molecular formula is C14H23NO3. The van der Waals surface area contributed by atoms with Crippen LogP contribution in [0.3, 0.4) is 0 Å². The predicted octanol–water partition coefficient (Wildman–Crippen LogP) is 1.03. The van der Waals surface area contributed by atoms with E-state index in [0.717, 1.165) is 12.3 Å². The highest BCUT2D eigenvalue weighted by atomic mass is 16.5. The number of morpholine rings is 1. The summed E-state index contributed by atoms with van der Waals surface area (Å²) in [5.41, 5.74) is 0. The molecule has 5 unspecified atom stereocenters. The van der Waals surface area contributed by atoms with E-state index in [4.69, 9.17) is 4.74 Å². The third-order valence-corrected chi connectivity index (χ3v) is 5.05. The van der Waals surface area contributed by atoms with Gasteiger partial charge in [0.05, 0.1) is 25.4 Å². The van der Waals surface area contributed by atoms with Gasteiger partial charge in [0.15, 0.2) is 0 Å². The number of ether oxygens (including phenoxy) is 1. The molecular weight excluding hydrogens is 230 g/mol. The Hall–Kier alpha value is -0.610. The first-order valence-corrected chi connectivity index (χ1v) is 7.22. The van der Waals surface area contributed by atoms with E-state index in [1.165, 1.54) is 19.3 Å². The highest BCUT2D eigenvalue weighted by Crippen LogP contribution is 2.49. The van der Waals surface area contributed by atoms with Crippen molar-refractivity contribution < 1.29 is 14.6 Å². The second-order valence-corrected chi connectivity index (χ2v) is 6.26. The van der Waals surface area contributed by atoms with Crippen LogP contribution in [-0.4, -0.2) is 47.8 Å². The van der Waals surface area contributed by atoms with E-state index in [-0.39, 0.29) is 24.7 Å². The molecule has 3 rings (SSSR count). The summed E-state index contributed by atoms with van der Waals surface area (Å²) < 4.78 is 5.50. The molecule has 0 aromatic carbocycles. The molecule has 1 amide bonds. The van der Waals surface area contributed by atoms with E-state index in [1.54, 1.807) is 0 Å². The van der Waals surface area contributed by atoms with Gasteiger partial charge in [0, 0.05) is 12.5 Å². The molecule has 4 heteroatoms. The summed E-state index contributed by atoms with van der Waals surface area (Å²) in [6.07, 6.45) is 4.73. The third-order valence-electron chi connectivity index (χ3n) is 5.05. The smallest absolute Gasteiger partial charge is 0.226 e. The quantitative estimate of drug-likeness (QED) is 0.799. The van der Waals surface area contributed by atoms with Crippen molar-refractivity contribution in [2.75, 3.05) is 19.8 Å². The number of carbonyl (C=O) groups excluding carboxylic acids is 1. The summed E-state index contributed by atoms with van der Waals surface area (Å²) in [5, 5.41) is 9.18. The van der Waals surface area contributed by atoms with Crippen molar-refractivity contribution in [2.24, 2.45) is 17.8 Å². The van der Waals surface area contributed by atoms with Gasteiger partial charge in [-0.1, -0.05) is 6.42 Å². The molecule has 5 atom stereocenters. The van der Waals surface area contributed by atoms with Crippen LogP contribution in [0.5, 0.6) is 0 Å². The molecule has 1 N–H and O–H groups in total. The number of hydrogen-bond acceptors (Lipinski definition) is 3. The van der Waals surface area contributed by atoms with E-state index < -0.39 is 0 Å². The van der Waals surface area contributed by atoms with Crippen LogP contribution in [0.15, 0.2) is 0 Å². The number of nitrogens with zero attached hydrogens (tertiary/aromatic N) is 1. The molecule has 2 saturated carbocycles. The molecule has 3 aliphatic rings. The summed E-state index contributed by atoms with van der Waals surface area (Å²) in [6.45, 7) is 3.16. The second-order valence-electron chi connectivity index (χ2n) is 6.26. The lowest BCUT2D eigenvalue weighted by Crippen LogP contribution is -2.54. The SMILES string of the molecule is CC1COC(CO)CN1C(=O)C1CC2CCC1C2.